The second-order valence-corrected chi connectivity index (χ2v) is 6.92. The Hall–Kier alpha value is -1.85. The van der Waals surface area contributed by atoms with Crippen LogP contribution >= 0.6 is 11.6 Å². The van der Waals surface area contributed by atoms with Gasteiger partial charge in [-0.05, 0) is 43.9 Å². The van der Waals surface area contributed by atoms with Crippen molar-refractivity contribution in [2.24, 2.45) is 0 Å². The SMILES string of the molecule is CCc1nc(-c2ccc(OCCOC)cc2Cl)c(CC)nc1OC(CC)CC. The van der Waals surface area contributed by atoms with Crippen molar-refractivity contribution >= 4 is 11.6 Å². The fourth-order valence-corrected chi connectivity index (χ4v) is 3.17. The van der Waals surface area contributed by atoms with Crippen molar-refractivity contribution in [3.63, 3.8) is 0 Å². The lowest BCUT2D eigenvalue weighted by molar-refractivity contribution is 0.146. The van der Waals surface area contributed by atoms with Crippen molar-refractivity contribution in [3.8, 4) is 22.9 Å². The van der Waals surface area contributed by atoms with Crippen LogP contribution in [0.15, 0.2) is 18.2 Å². The molecule has 0 bridgehead atoms. The Morgan fingerprint density at radius 3 is 2.25 bits per heavy atom. The summed E-state index contributed by atoms with van der Waals surface area (Å²) < 4.78 is 16.8. The molecule has 0 radical (unpaired) electrons. The molecule has 0 N–H and O–H groups in total. The summed E-state index contributed by atoms with van der Waals surface area (Å²) in [7, 11) is 1.65. The van der Waals surface area contributed by atoms with E-state index in [2.05, 4.69) is 27.7 Å². The van der Waals surface area contributed by atoms with Crippen LogP contribution in [-0.2, 0) is 17.6 Å². The van der Waals surface area contributed by atoms with Gasteiger partial charge >= 0.3 is 0 Å². The van der Waals surface area contributed by atoms with Crippen molar-refractivity contribution in [1.82, 2.24) is 9.97 Å². The third kappa shape index (κ3) is 5.58. The van der Waals surface area contributed by atoms with E-state index in [0.29, 0.717) is 29.9 Å². The Morgan fingerprint density at radius 2 is 1.68 bits per heavy atom. The average molecular weight is 407 g/mol. The van der Waals surface area contributed by atoms with E-state index in [-0.39, 0.29) is 6.10 Å². The van der Waals surface area contributed by atoms with Crippen molar-refractivity contribution in [1.29, 1.82) is 0 Å². The van der Waals surface area contributed by atoms with Crippen LogP contribution in [0.5, 0.6) is 11.6 Å². The summed E-state index contributed by atoms with van der Waals surface area (Å²) in [5.41, 5.74) is 3.40. The molecular formula is C22H31ClN2O3. The van der Waals surface area contributed by atoms with Gasteiger partial charge in [0.05, 0.1) is 29.1 Å². The maximum atomic E-state index is 6.56. The van der Waals surface area contributed by atoms with E-state index >= 15 is 0 Å². The molecule has 0 aliphatic heterocycles. The molecule has 5 nitrogen and oxygen atoms in total. The number of hydrogen-bond acceptors (Lipinski definition) is 5. The van der Waals surface area contributed by atoms with Crippen LogP contribution in [0.2, 0.25) is 5.02 Å². The highest BCUT2D eigenvalue weighted by Gasteiger charge is 2.18. The summed E-state index contributed by atoms with van der Waals surface area (Å²) in [6.45, 7) is 9.39. The predicted molar refractivity (Wildman–Crippen MR) is 114 cm³/mol. The van der Waals surface area contributed by atoms with Gasteiger partial charge < -0.3 is 14.2 Å². The van der Waals surface area contributed by atoms with Gasteiger partial charge in [0.2, 0.25) is 5.88 Å². The highest BCUT2D eigenvalue weighted by molar-refractivity contribution is 6.33. The zero-order valence-corrected chi connectivity index (χ0v) is 18.3. The van der Waals surface area contributed by atoms with Gasteiger partial charge in [-0.15, -0.1) is 0 Å². The number of rotatable bonds is 11. The van der Waals surface area contributed by atoms with Gasteiger partial charge in [0, 0.05) is 12.7 Å². The number of ether oxygens (including phenoxy) is 3. The monoisotopic (exact) mass is 406 g/mol. The number of aryl methyl sites for hydroxylation is 2. The van der Waals surface area contributed by atoms with Gasteiger partial charge in [-0.3, -0.25) is 0 Å². The number of benzene rings is 1. The predicted octanol–water partition coefficient (Wildman–Crippen LogP) is 5.51. The average Bonchev–Trinajstić information content (AvgIpc) is 2.72. The standard InChI is InChI=1S/C22H31ClN2O3/c1-6-15(7-2)28-22-20(9-4)24-21(19(8-3)25-22)17-11-10-16(14-18(17)23)27-13-12-26-5/h10-11,14-15H,6-9,12-13H2,1-5H3. The maximum absolute atomic E-state index is 6.56. The molecule has 2 rings (SSSR count). The topological polar surface area (TPSA) is 53.5 Å². The Balaban J connectivity index is 2.39. The second-order valence-electron chi connectivity index (χ2n) is 6.52. The highest BCUT2D eigenvalue weighted by Crippen LogP contribution is 2.34. The number of aromatic nitrogens is 2. The number of nitrogens with zero attached hydrogens (tertiary/aromatic N) is 2. The normalized spacial score (nSPS) is 11.1. The van der Waals surface area contributed by atoms with Crippen LogP contribution in [0.4, 0.5) is 0 Å². The molecule has 28 heavy (non-hydrogen) atoms. The van der Waals surface area contributed by atoms with Crippen LogP contribution in [-0.4, -0.2) is 36.4 Å². The minimum atomic E-state index is 0.155. The molecule has 0 unspecified atom stereocenters. The lowest BCUT2D eigenvalue weighted by atomic mass is 10.1. The first-order valence-corrected chi connectivity index (χ1v) is 10.4. The fraction of sp³-hybridized carbons (Fsp3) is 0.545. The molecule has 0 amide bonds. The molecule has 0 fully saturated rings. The number of methoxy groups -OCH3 is 1. The summed E-state index contributed by atoms with van der Waals surface area (Å²) in [6, 6.07) is 5.65. The lowest BCUT2D eigenvalue weighted by Crippen LogP contribution is -2.17. The summed E-state index contributed by atoms with van der Waals surface area (Å²) in [6.07, 6.45) is 3.53. The van der Waals surface area contributed by atoms with Crippen LogP contribution in [0.25, 0.3) is 11.3 Å². The Bertz CT molecular complexity index is 764. The molecule has 1 aromatic carbocycles. The van der Waals surface area contributed by atoms with Crippen LogP contribution in [0.3, 0.4) is 0 Å². The molecule has 0 saturated heterocycles. The Morgan fingerprint density at radius 1 is 0.964 bits per heavy atom. The first-order valence-electron chi connectivity index (χ1n) is 10.1. The van der Waals surface area contributed by atoms with Crippen molar-refractivity contribution in [2.45, 2.75) is 59.5 Å². The van der Waals surface area contributed by atoms with Gasteiger partial charge in [0.25, 0.3) is 0 Å². The molecule has 0 atom stereocenters. The molecule has 6 heteroatoms. The van der Waals surface area contributed by atoms with E-state index in [1.807, 2.05) is 18.2 Å². The molecule has 0 spiro atoms. The van der Waals surface area contributed by atoms with Crippen LogP contribution in [0, 0.1) is 0 Å². The zero-order valence-electron chi connectivity index (χ0n) is 17.5. The first kappa shape index (κ1) is 22.4. The molecule has 1 aromatic heterocycles. The smallest absolute Gasteiger partial charge is 0.236 e. The maximum Gasteiger partial charge on any atom is 0.236 e. The number of hydrogen-bond donors (Lipinski definition) is 0. The van der Waals surface area contributed by atoms with E-state index in [9.17, 15) is 0 Å². The molecule has 0 aliphatic carbocycles. The van der Waals surface area contributed by atoms with Crippen molar-refractivity contribution in [2.75, 3.05) is 20.3 Å². The van der Waals surface area contributed by atoms with Gasteiger partial charge in [0.15, 0.2) is 0 Å². The van der Waals surface area contributed by atoms with Gasteiger partial charge in [0.1, 0.15) is 18.1 Å². The Kier molecular flexibility index (Phi) is 9.00. The minimum absolute atomic E-state index is 0.155. The summed E-state index contributed by atoms with van der Waals surface area (Å²) in [5, 5.41) is 0.592. The van der Waals surface area contributed by atoms with E-state index in [4.69, 9.17) is 35.8 Å². The summed E-state index contributed by atoms with van der Waals surface area (Å²) in [4.78, 5) is 9.69. The molecule has 1 heterocycles. The molecule has 0 saturated carbocycles. The van der Waals surface area contributed by atoms with E-state index in [1.165, 1.54) is 0 Å². The van der Waals surface area contributed by atoms with E-state index in [1.54, 1.807) is 7.11 Å². The third-order valence-corrected chi connectivity index (χ3v) is 4.93. The largest absolute Gasteiger partial charge is 0.491 e. The second kappa shape index (κ2) is 11.2. The van der Waals surface area contributed by atoms with E-state index < -0.39 is 0 Å². The quantitative estimate of drug-likeness (QED) is 0.460. The summed E-state index contributed by atoms with van der Waals surface area (Å²) in [5.74, 6) is 1.36. The molecule has 0 aliphatic rings. The third-order valence-electron chi connectivity index (χ3n) is 4.61. The molecular weight excluding hydrogens is 376 g/mol. The van der Waals surface area contributed by atoms with Crippen molar-refractivity contribution < 1.29 is 14.2 Å². The van der Waals surface area contributed by atoms with Crippen LogP contribution in [0.1, 0.15) is 51.9 Å². The Labute approximate surface area is 173 Å². The van der Waals surface area contributed by atoms with Gasteiger partial charge in [-0.25, -0.2) is 9.97 Å². The number of halogens is 1. The first-order chi connectivity index (χ1) is 13.6. The van der Waals surface area contributed by atoms with Crippen molar-refractivity contribution in [3.05, 3.63) is 34.6 Å². The van der Waals surface area contributed by atoms with E-state index in [0.717, 1.165) is 48.3 Å². The zero-order chi connectivity index (χ0) is 20.5. The molecule has 2 aromatic rings. The minimum Gasteiger partial charge on any atom is -0.491 e. The summed E-state index contributed by atoms with van der Waals surface area (Å²) >= 11 is 6.56. The highest BCUT2D eigenvalue weighted by atomic mass is 35.5. The van der Waals surface area contributed by atoms with Gasteiger partial charge in [-0.2, -0.15) is 0 Å². The fourth-order valence-electron chi connectivity index (χ4n) is 2.91. The molecule has 154 valence electrons. The van der Waals surface area contributed by atoms with Gasteiger partial charge in [-0.1, -0.05) is 39.3 Å². The lowest BCUT2D eigenvalue weighted by Gasteiger charge is -2.19. The van der Waals surface area contributed by atoms with Crippen LogP contribution < -0.4 is 9.47 Å².